The molecule has 1 atom stereocenters. The Morgan fingerprint density at radius 2 is 1.47 bits per heavy atom. The summed E-state index contributed by atoms with van der Waals surface area (Å²) in [5, 5.41) is 12.3. The van der Waals surface area contributed by atoms with Crippen molar-refractivity contribution in [1.82, 2.24) is 5.32 Å². The second-order valence-corrected chi connectivity index (χ2v) is 7.57. The average molecular weight is 403 g/mol. The van der Waals surface area contributed by atoms with Crippen molar-refractivity contribution >= 4 is 11.9 Å². The van der Waals surface area contributed by atoms with Gasteiger partial charge in [0.25, 0.3) is 5.91 Å². The molecule has 3 rings (SSSR count). The highest BCUT2D eigenvalue weighted by atomic mass is 16.5. The number of hydrogen-bond acceptors (Lipinski definition) is 3. The number of carbonyl (C=O) groups excluding carboxylic acids is 1. The molecule has 3 aromatic rings. The zero-order chi connectivity index (χ0) is 21.6. The molecule has 0 spiro atoms. The summed E-state index contributed by atoms with van der Waals surface area (Å²) in [6.07, 6.45) is 0.588. The first kappa shape index (κ1) is 21.1. The van der Waals surface area contributed by atoms with Gasteiger partial charge in [-0.25, -0.2) is 4.79 Å². The number of carboxylic acid groups (broad SMARTS) is 1. The molecule has 5 nitrogen and oxygen atoms in total. The first-order valence-electron chi connectivity index (χ1n) is 9.77. The van der Waals surface area contributed by atoms with Crippen LogP contribution < -0.4 is 10.1 Å². The van der Waals surface area contributed by atoms with E-state index in [0.717, 1.165) is 11.1 Å². The van der Waals surface area contributed by atoms with Gasteiger partial charge in [-0.3, -0.25) is 4.79 Å². The molecule has 154 valence electrons. The molecule has 0 saturated heterocycles. The lowest BCUT2D eigenvalue weighted by Crippen LogP contribution is -2.37. The van der Waals surface area contributed by atoms with Crippen molar-refractivity contribution < 1.29 is 19.4 Å². The quantitative estimate of drug-likeness (QED) is 0.574. The molecule has 0 aliphatic rings. The number of rotatable bonds is 8. The minimum Gasteiger partial charge on any atom is -0.478 e. The topological polar surface area (TPSA) is 75.6 Å². The van der Waals surface area contributed by atoms with Crippen LogP contribution >= 0.6 is 0 Å². The molecule has 30 heavy (non-hydrogen) atoms. The summed E-state index contributed by atoms with van der Waals surface area (Å²) < 4.78 is 5.56. The maximum absolute atomic E-state index is 12.7. The lowest BCUT2D eigenvalue weighted by molar-refractivity contribution is -0.152. The van der Waals surface area contributed by atoms with Gasteiger partial charge in [0.1, 0.15) is 5.75 Å². The normalized spacial score (nSPS) is 12.1. The fourth-order valence-electron chi connectivity index (χ4n) is 3.04. The number of carboxylic acids is 1. The molecule has 0 heterocycles. The minimum atomic E-state index is -1.31. The number of hydrogen-bond donors (Lipinski definition) is 2. The third kappa shape index (κ3) is 5.47. The van der Waals surface area contributed by atoms with Crippen molar-refractivity contribution in [2.45, 2.75) is 31.9 Å². The average Bonchev–Trinajstić information content (AvgIpc) is 2.75. The first-order valence-corrected chi connectivity index (χ1v) is 9.77. The molecule has 0 aromatic heterocycles. The van der Waals surface area contributed by atoms with Gasteiger partial charge < -0.3 is 15.2 Å². The number of aliphatic carboxylic acids is 1. The molecular weight excluding hydrogens is 378 g/mol. The molecule has 5 heteroatoms. The summed E-state index contributed by atoms with van der Waals surface area (Å²) in [5.74, 6) is -0.678. The summed E-state index contributed by atoms with van der Waals surface area (Å²) in [4.78, 5) is 24.0. The second-order valence-electron chi connectivity index (χ2n) is 7.57. The van der Waals surface area contributed by atoms with Gasteiger partial charge in [0.15, 0.2) is 5.60 Å². The molecule has 0 radical (unpaired) electrons. The Balaban J connectivity index is 1.76. The summed E-state index contributed by atoms with van der Waals surface area (Å²) >= 11 is 0. The van der Waals surface area contributed by atoms with Crippen LogP contribution in [0.3, 0.4) is 0 Å². The molecule has 0 bridgehead atoms. The second kappa shape index (κ2) is 9.27. The van der Waals surface area contributed by atoms with E-state index in [9.17, 15) is 14.7 Å². The zero-order valence-corrected chi connectivity index (χ0v) is 17.0. The Labute approximate surface area is 176 Å². The third-order valence-electron chi connectivity index (χ3n) is 4.79. The standard InChI is InChI=1S/C25H25NO4/c1-25(2,24(28)29)30-21-15-13-18(14-16-21)17-22(19-9-5-3-6-10-19)26-23(27)20-11-7-4-8-12-20/h3-16,22H,17H2,1-2H3,(H,26,27)(H,28,29). The molecule has 0 aliphatic heterocycles. The number of ether oxygens (including phenoxy) is 1. The fraction of sp³-hybridized carbons (Fsp3) is 0.200. The van der Waals surface area contributed by atoms with E-state index in [4.69, 9.17) is 4.74 Å². The minimum absolute atomic E-state index is 0.132. The van der Waals surface area contributed by atoms with Gasteiger partial charge in [0.2, 0.25) is 0 Å². The van der Waals surface area contributed by atoms with E-state index in [0.29, 0.717) is 17.7 Å². The molecule has 0 aliphatic carbocycles. The Bertz CT molecular complexity index is 983. The van der Waals surface area contributed by atoms with Gasteiger partial charge >= 0.3 is 5.97 Å². The molecule has 1 amide bonds. The first-order chi connectivity index (χ1) is 14.3. The van der Waals surface area contributed by atoms with Crippen LogP contribution in [0.4, 0.5) is 0 Å². The molecule has 3 aromatic carbocycles. The van der Waals surface area contributed by atoms with E-state index in [1.807, 2.05) is 60.7 Å². The summed E-state index contributed by atoms with van der Waals surface area (Å²) in [7, 11) is 0. The lowest BCUT2D eigenvalue weighted by Gasteiger charge is -2.22. The van der Waals surface area contributed by atoms with Crippen molar-refractivity contribution in [3.63, 3.8) is 0 Å². The van der Waals surface area contributed by atoms with Crippen molar-refractivity contribution in [3.05, 3.63) is 102 Å². The number of benzene rings is 3. The van der Waals surface area contributed by atoms with E-state index in [2.05, 4.69) is 5.32 Å². The van der Waals surface area contributed by atoms with Gasteiger partial charge in [-0.1, -0.05) is 60.7 Å². The van der Waals surface area contributed by atoms with E-state index in [-0.39, 0.29) is 11.9 Å². The predicted octanol–water partition coefficient (Wildman–Crippen LogP) is 4.64. The van der Waals surface area contributed by atoms with Crippen LogP contribution in [0.15, 0.2) is 84.9 Å². The Morgan fingerprint density at radius 3 is 2.03 bits per heavy atom. The monoisotopic (exact) mass is 403 g/mol. The van der Waals surface area contributed by atoms with Crippen molar-refractivity contribution in [2.75, 3.05) is 0 Å². The fourth-order valence-corrected chi connectivity index (χ4v) is 3.04. The molecule has 0 fully saturated rings. The molecular formula is C25H25NO4. The highest BCUT2D eigenvalue weighted by Crippen LogP contribution is 2.23. The Kier molecular flexibility index (Phi) is 6.52. The third-order valence-corrected chi connectivity index (χ3v) is 4.79. The van der Waals surface area contributed by atoms with Gasteiger partial charge in [0.05, 0.1) is 6.04 Å². The van der Waals surface area contributed by atoms with Crippen LogP contribution in [0, 0.1) is 0 Å². The van der Waals surface area contributed by atoms with Crippen LogP contribution in [0.5, 0.6) is 5.75 Å². The van der Waals surface area contributed by atoms with Crippen molar-refractivity contribution in [2.24, 2.45) is 0 Å². The van der Waals surface area contributed by atoms with E-state index in [1.54, 1.807) is 24.3 Å². The predicted molar refractivity (Wildman–Crippen MR) is 116 cm³/mol. The number of nitrogens with one attached hydrogen (secondary N) is 1. The van der Waals surface area contributed by atoms with Crippen LogP contribution in [0.2, 0.25) is 0 Å². The zero-order valence-electron chi connectivity index (χ0n) is 17.0. The van der Waals surface area contributed by atoms with Crippen LogP contribution in [0.25, 0.3) is 0 Å². The maximum atomic E-state index is 12.7. The number of amides is 1. The lowest BCUT2D eigenvalue weighted by atomic mass is 9.98. The maximum Gasteiger partial charge on any atom is 0.347 e. The van der Waals surface area contributed by atoms with Crippen molar-refractivity contribution in [3.8, 4) is 5.75 Å². The molecule has 1 unspecified atom stereocenters. The highest BCUT2D eigenvalue weighted by Gasteiger charge is 2.29. The molecule has 2 N–H and O–H groups in total. The molecule has 0 saturated carbocycles. The highest BCUT2D eigenvalue weighted by molar-refractivity contribution is 5.94. The van der Waals surface area contributed by atoms with Gasteiger partial charge in [-0.05, 0) is 55.7 Å². The Morgan fingerprint density at radius 1 is 0.900 bits per heavy atom. The van der Waals surface area contributed by atoms with E-state index >= 15 is 0 Å². The van der Waals surface area contributed by atoms with Gasteiger partial charge in [-0.15, -0.1) is 0 Å². The Hall–Kier alpha value is -3.60. The summed E-state index contributed by atoms with van der Waals surface area (Å²) in [6.45, 7) is 3.02. The van der Waals surface area contributed by atoms with Gasteiger partial charge in [-0.2, -0.15) is 0 Å². The SMILES string of the molecule is CC(C)(Oc1ccc(CC(NC(=O)c2ccccc2)c2ccccc2)cc1)C(=O)O. The smallest absolute Gasteiger partial charge is 0.347 e. The summed E-state index contributed by atoms with van der Waals surface area (Å²) in [5.41, 5.74) is 1.31. The van der Waals surface area contributed by atoms with Crippen LogP contribution in [-0.4, -0.2) is 22.6 Å². The van der Waals surface area contributed by atoms with E-state index in [1.165, 1.54) is 13.8 Å². The summed E-state index contributed by atoms with van der Waals surface area (Å²) in [6, 6.07) is 26.0. The van der Waals surface area contributed by atoms with Crippen LogP contribution in [0.1, 0.15) is 41.4 Å². The van der Waals surface area contributed by atoms with E-state index < -0.39 is 11.6 Å². The van der Waals surface area contributed by atoms with Gasteiger partial charge in [0, 0.05) is 5.56 Å². The number of carbonyl (C=O) groups is 2. The van der Waals surface area contributed by atoms with Crippen molar-refractivity contribution in [1.29, 1.82) is 0 Å². The van der Waals surface area contributed by atoms with Crippen LogP contribution in [-0.2, 0) is 11.2 Å². The largest absolute Gasteiger partial charge is 0.478 e.